The number of benzene rings is 1. The van der Waals surface area contributed by atoms with Gasteiger partial charge >= 0.3 is 5.97 Å². The molecule has 7 nitrogen and oxygen atoms in total. The third-order valence-corrected chi connectivity index (χ3v) is 3.52. The number of esters is 1. The monoisotopic (exact) mass is 339 g/mol. The summed E-state index contributed by atoms with van der Waals surface area (Å²) in [7, 11) is 0. The summed E-state index contributed by atoms with van der Waals surface area (Å²) in [6.07, 6.45) is 1.29. The topological polar surface area (TPSA) is 98.3 Å². The lowest BCUT2D eigenvalue weighted by Crippen LogP contribution is -2.23. The van der Waals surface area contributed by atoms with E-state index in [-0.39, 0.29) is 18.9 Å². The van der Waals surface area contributed by atoms with E-state index in [1.54, 1.807) is 18.3 Å². The Kier molecular flexibility index (Phi) is 5.48. The summed E-state index contributed by atoms with van der Waals surface area (Å²) in [5.41, 5.74) is 1.61. The van der Waals surface area contributed by atoms with E-state index in [9.17, 15) is 9.90 Å². The van der Waals surface area contributed by atoms with Crippen LogP contribution >= 0.6 is 0 Å². The molecule has 0 saturated carbocycles. The minimum Gasteiger partial charge on any atom is -0.454 e. The second-order valence-corrected chi connectivity index (χ2v) is 5.37. The molecule has 1 unspecified atom stereocenters. The van der Waals surface area contributed by atoms with Gasteiger partial charge in [0.15, 0.2) is 12.7 Å². The molecular formula is C18H17N3O4. The van der Waals surface area contributed by atoms with Crippen LogP contribution in [0, 0.1) is 0 Å². The normalized spacial score (nSPS) is 11.9. The van der Waals surface area contributed by atoms with Gasteiger partial charge in [-0.3, -0.25) is 4.98 Å². The molecule has 0 aliphatic heterocycles. The number of rotatable bonds is 7. The first-order valence-corrected chi connectivity index (χ1v) is 7.85. The number of ether oxygens (including phenoxy) is 1. The Hall–Kier alpha value is -3.06. The zero-order valence-corrected chi connectivity index (χ0v) is 13.4. The molecule has 2 heterocycles. The minimum atomic E-state index is -1.20. The van der Waals surface area contributed by atoms with Gasteiger partial charge < -0.3 is 14.4 Å². The SMILES string of the molecule is O=C(OCc1nc(-c2ccccn2)no1)C(O)CCc1ccccc1. The number of aryl methyl sites for hydroxylation is 1. The van der Waals surface area contributed by atoms with Crippen LogP contribution in [-0.2, 0) is 22.6 Å². The molecule has 2 aromatic heterocycles. The number of carbonyl (C=O) groups excluding carboxylic acids is 1. The van der Waals surface area contributed by atoms with Crippen molar-refractivity contribution in [2.45, 2.75) is 25.6 Å². The van der Waals surface area contributed by atoms with Gasteiger partial charge in [-0.25, -0.2) is 4.79 Å². The standard InChI is InChI=1S/C18H17N3O4/c22-15(10-9-13-6-2-1-3-7-13)18(23)24-12-16-20-17(21-25-16)14-8-4-5-11-19-14/h1-8,11,15,22H,9-10,12H2. The predicted octanol–water partition coefficient (Wildman–Crippen LogP) is 2.17. The van der Waals surface area contributed by atoms with E-state index < -0.39 is 12.1 Å². The molecule has 128 valence electrons. The van der Waals surface area contributed by atoms with Crippen molar-refractivity contribution < 1.29 is 19.2 Å². The quantitative estimate of drug-likeness (QED) is 0.659. The Morgan fingerprint density at radius 2 is 1.96 bits per heavy atom. The summed E-state index contributed by atoms with van der Waals surface area (Å²) < 4.78 is 10.0. The Balaban J connectivity index is 1.48. The van der Waals surface area contributed by atoms with Gasteiger partial charge in [-0.05, 0) is 30.5 Å². The number of hydrogen-bond donors (Lipinski definition) is 1. The summed E-state index contributed by atoms with van der Waals surface area (Å²) >= 11 is 0. The molecule has 0 radical (unpaired) electrons. The number of carbonyl (C=O) groups is 1. The maximum Gasteiger partial charge on any atom is 0.335 e. The van der Waals surface area contributed by atoms with E-state index in [1.165, 1.54) is 0 Å². The van der Waals surface area contributed by atoms with E-state index in [0.29, 0.717) is 17.9 Å². The highest BCUT2D eigenvalue weighted by atomic mass is 16.6. The first-order valence-electron chi connectivity index (χ1n) is 7.85. The van der Waals surface area contributed by atoms with E-state index in [4.69, 9.17) is 9.26 Å². The van der Waals surface area contributed by atoms with Crippen LogP contribution < -0.4 is 0 Å². The van der Waals surface area contributed by atoms with Gasteiger partial charge in [0, 0.05) is 6.20 Å². The van der Waals surface area contributed by atoms with Crippen LogP contribution in [0.4, 0.5) is 0 Å². The lowest BCUT2D eigenvalue weighted by Gasteiger charge is -2.09. The highest BCUT2D eigenvalue weighted by molar-refractivity contribution is 5.74. The van der Waals surface area contributed by atoms with Gasteiger partial charge in [0.25, 0.3) is 5.89 Å². The van der Waals surface area contributed by atoms with Crippen molar-refractivity contribution in [2.24, 2.45) is 0 Å². The second kappa shape index (κ2) is 8.16. The average molecular weight is 339 g/mol. The van der Waals surface area contributed by atoms with E-state index >= 15 is 0 Å². The number of aliphatic hydroxyl groups excluding tert-OH is 1. The van der Waals surface area contributed by atoms with E-state index in [0.717, 1.165) is 5.56 Å². The molecular weight excluding hydrogens is 322 g/mol. The second-order valence-electron chi connectivity index (χ2n) is 5.37. The summed E-state index contributed by atoms with van der Waals surface area (Å²) in [4.78, 5) is 20.1. The Labute approximate surface area is 144 Å². The van der Waals surface area contributed by atoms with Crippen LogP contribution in [0.5, 0.6) is 0 Å². The van der Waals surface area contributed by atoms with Crippen LogP contribution in [0.2, 0.25) is 0 Å². The largest absolute Gasteiger partial charge is 0.454 e. The van der Waals surface area contributed by atoms with Gasteiger partial charge in [0.2, 0.25) is 5.82 Å². The van der Waals surface area contributed by atoms with Crippen LogP contribution in [0.15, 0.2) is 59.3 Å². The number of nitrogens with zero attached hydrogens (tertiary/aromatic N) is 3. The van der Waals surface area contributed by atoms with Gasteiger partial charge in [-0.15, -0.1) is 0 Å². The van der Waals surface area contributed by atoms with E-state index in [1.807, 2.05) is 36.4 Å². The fraction of sp³-hybridized carbons (Fsp3) is 0.222. The summed E-state index contributed by atoms with van der Waals surface area (Å²) in [6.45, 7) is -0.193. The molecule has 0 aliphatic carbocycles. The molecule has 1 atom stereocenters. The number of aromatic nitrogens is 3. The fourth-order valence-electron chi connectivity index (χ4n) is 2.21. The molecule has 0 fully saturated rings. The Bertz CT molecular complexity index is 805. The highest BCUT2D eigenvalue weighted by Gasteiger charge is 2.18. The first kappa shape index (κ1) is 16.8. The van der Waals surface area contributed by atoms with Crippen molar-refractivity contribution in [3.05, 3.63) is 66.2 Å². The molecule has 0 saturated heterocycles. The third-order valence-electron chi connectivity index (χ3n) is 3.52. The molecule has 0 spiro atoms. The molecule has 1 N–H and O–H groups in total. The zero-order valence-electron chi connectivity index (χ0n) is 13.4. The predicted molar refractivity (Wildman–Crippen MR) is 88.1 cm³/mol. The number of hydrogen-bond acceptors (Lipinski definition) is 7. The van der Waals surface area contributed by atoms with E-state index in [2.05, 4.69) is 15.1 Å². The number of pyridine rings is 1. The van der Waals surface area contributed by atoms with Gasteiger partial charge in [-0.2, -0.15) is 4.98 Å². The van der Waals surface area contributed by atoms with Crippen LogP contribution in [0.1, 0.15) is 17.9 Å². The smallest absolute Gasteiger partial charge is 0.335 e. The van der Waals surface area contributed by atoms with Crippen LogP contribution in [0.25, 0.3) is 11.5 Å². The summed E-state index contributed by atoms with van der Waals surface area (Å²) in [5, 5.41) is 13.7. The van der Waals surface area contributed by atoms with Gasteiger partial charge in [-0.1, -0.05) is 41.6 Å². The van der Waals surface area contributed by atoms with Gasteiger partial charge in [0.1, 0.15) is 5.69 Å². The molecule has 7 heteroatoms. The highest BCUT2D eigenvalue weighted by Crippen LogP contribution is 2.13. The van der Waals surface area contributed by atoms with Crippen molar-refractivity contribution in [2.75, 3.05) is 0 Å². The lowest BCUT2D eigenvalue weighted by atomic mass is 10.1. The van der Waals surface area contributed by atoms with Crippen molar-refractivity contribution in [1.82, 2.24) is 15.1 Å². The van der Waals surface area contributed by atoms with Crippen molar-refractivity contribution in [1.29, 1.82) is 0 Å². The first-order chi connectivity index (χ1) is 12.2. The van der Waals surface area contributed by atoms with Crippen LogP contribution in [0.3, 0.4) is 0 Å². The van der Waals surface area contributed by atoms with Crippen molar-refractivity contribution in [3.63, 3.8) is 0 Å². The summed E-state index contributed by atoms with van der Waals surface area (Å²) in [5.74, 6) is -0.256. The molecule has 1 aromatic carbocycles. The minimum absolute atomic E-state index is 0.143. The van der Waals surface area contributed by atoms with Crippen molar-refractivity contribution >= 4 is 5.97 Å². The Morgan fingerprint density at radius 1 is 1.16 bits per heavy atom. The maximum absolute atomic E-state index is 11.8. The fourth-order valence-corrected chi connectivity index (χ4v) is 2.21. The zero-order chi connectivity index (χ0) is 17.5. The molecule has 3 rings (SSSR count). The molecule has 0 bridgehead atoms. The average Bonchev–Trinajstić information content (AvgIpc) is 3.15. The molecule has 0 aliphatic rings. The third kappa shape index (κ3) is 4.71. The molecule has 3 aromatic rings. The summed E-state index contributed by atoms with van der Waals surface area (Å²) in [6, 6.07) is 14.9. The molecule has 25 heavy (non-hydrogen) atoms. The maximum atomic E-state index is 11.8. The number of aliphatic hydroxyl groups is 1. The van der Waals surface area contributed by atoms with Crippen molar-refractivity contribution in [3.8, 4) is 11.5 Å². The van der Waals surface area contributed by atoms with Crippen LogP contribution in [-0.4, -0.2) is 32.3 Å². The molecule has 0 amide bonds. The lowest BCUT2D eigenvalue weighted by molar-refractivity contribution is -0.156. The van der Waals surface area contributed by atoms with Gasteiger partial charge in [0.05, 0.1) is 0 Å². The Morgan fingerprint density at radius 3 is 2.72 bits per heavy atom.